The summed E-state index contributed by atoms with van der Waals surface area (Å²) in [5.74, 6) is 0. The molecule has 2 amide bonds. The van der Waals surface area contributed by atoms with Crippen LogP contribution < -0.4 is 5.56 Å². The molecule has 1 spiro atoms. The number of alkyl halides is 3. The molecule has 5 rings (SSSR count). The van der Waals surface area contributed by atoms with Crippen LogP contribution in [0.3, 0.4) is 0 Å². The highest BCUT2D eigenvalue weighted by Gasteiger charge is 2.57. The van der Waals surface area contributed by atoms with Crippen molar-refractivity contribution in [1.82, 2.24) is 19.4 Å². The van der Waals surface area contributed by atoms with Gasteiger partial charge in [-0.3, -0.25) is 9.36 Å². The zero-order valence-corrected chi connectivity index (χ0v) is 20.5. The first kappa shape index (κ1) is 25.7. The van der Waals surface area contributed by atoms with Gasteiger partial charge in [0.05, 0.1) is 37.4 Å². The Bertz CT molecular complexity index is 1180. The third-order valence-corrected chi connectivity index (χ3v) is 8.24. The van der Waals surface area contributed by atoms with Gasteiger partial charge >= 0.3 is 12.2 Å². The second-order valence-corrected chi connectivity index (χ2v) is 10.4. The number of nitrogens with zero attached hydrogens (tertiary/aromatic N) is 4. The van der Waals surface area contributed by atoms with E-state index in [1.807, 2.05) is 30.3 Å². The van der Waals surface area contributed by atoms with Gasteiger partial charge in [-0.05, 0) is 19.3 Å². The molecule has 2 aliphatic heterocycles. The van der Waals surface area contributed by atoms with E-state index >= 15 is 0 Å². The van der Waals surface area contributed by atoms with Crippen molar-refractivity contribution in [3.8, 4) is 11.3 Å². The maximum absolute atomic E-state index is 13.6. The standard InChI is InChI=1S/C26H31F3N4O4/c27-26(28,29)21-15-37-13-12-33(21)23(35)31-11-10-25(36,24(16-31)8-4-5-9-24)17-32-18-30-20(14-22(32)34)19-6-2-1-3-7-19/h1-3,6-7,14,18,21,36H,4-5,8-13,15-17H2. The molecule has 2 saturated heterocycles. The number of carbonyl (C=O) groups is 1. The van der Waals surface area contributed by atoms with Gasteiger partial charge in [-0.2, -0.15) is 13.2 Å². The number of benzene rings is 1. The van der Waals surface area contributed by atoms with Gasteiger partial charge in [-0.25, -0.2) is 9.78 Å². The van der Waals surface area contributed by atoms with Crippen molar-refractivity contribution in [2.75, 3.05) is 32.8 Å². The summed E-state index contributed by atoms with van der Waals surface area (Å²) in [5, 5.41) is 11.9. The van der Waals surface area contributed by atoms with Crippen LogP contribution in [-0.2, 0) is 11.3 Å². The van der Waals surface area contributed by atoms with Crippen LogP contribution in [0.15, 0.2) is 47.5 Å². The predicted molar refractivity (Wildman–Crippen MR) is 129 cm³/mol. The number of ether oxygens (including phenoxy) is 1. The molecule has 1 aromatic heterocycles. The Morgan fingerprint density at radius 3 is 2.54 bits per heavy atom. The van der Waals surface area contributed by atoms with Crippen LogP contribution in [0.5, 0.6) is 0 Å². The minimum Gasteiger partial charge on any atom is -0.387 e. The van der Waals surface area contributed by atoms with Crippen molar-refractivity contribution >= 4 is 6.03 Å². The summed E-state index contributed by atoms with van der Waals surface area (Å²) >= 11 is 0. The number of likely N-dealkylation sites (tertiary alicyclic amines) is 1. The molecule has 1 N–H and O–H groups in total. The van der Waals surface area contributed by atoms with Crippen LogP contribution in [0, 0.1) is 5.41 Å². The zero-order chi connectivity index (χ0) is 26.3. The minimum absolute atomic E-state index is 0.0126. The zero-order valence-electron chi connectivity index (χ0n) is 20.5. The molecule has 11 heteroatoms. The SMILES string of the molecule is O=C(N1CCC(O)(Cn2cnc(-c3ccccc3)cc2=O)C2(CCCC2)C1)N1CCOCC1C(F)(F)F. The molecule has 2 atom stereocenters. The molecule has 8 nitrogen and oxygen atoms in total. The number of amides is 2. The fourth-order valence-corrected chi connectivity index (χ4v) is 6.14. The molecule has 37 heavy (non-hydrogen) atoms. The van der Waals surface area contributed by atoms with E-state index in [-0.39, 0.29) is 44.8 Å². The van der Waals surface area contributed by atoms with E-state index in [1.54, 1.807) is 0 Å². The molecular formula is C26H31F3N4O4. The summed E-state index contributed by atoms with van der Waals surface area (Å²) in [6.45, 7) is -0.398. The second-order valence-electron chi connectivity index (χ2n) is 10.4. The summed E-state index contributed by atoms with van der Waals surface area (Å²) in [7, 11) is 0. The number of piperidine rings is 1. The summed E-state index contributed by atoms with van der Waals surface area (Å²) in [6, 6.07) is 8.09. The summed E-state index contributed by atoms with van der Waals surface area (Å²) in [5.41, 5.74) is -0.956. The summed E-state index contributed by atoms with van der Waals surface area (Å²) in [6.07, 6.45) is -0.0537. The lowest BCUT2D eigenvalue weighted by Crippen LogP contribution is -2.65. The first-order chi connectivity index (χ1) is 17.6. The Balaban J connectivity index is 1.37. The van der Waals surface area contributed by atoms with Crippen molar-refractivity contribution in [3.63, 3.8) is 0 Å². The number of hydrogen-bond donors (Lipinski definition) is 1. The van der Waals surface area contributed by atoms with Crippen LogP contribution in [0.25, 0.3) is 11.3 Å². The minimum atomic E-state index is -4.59. The Kier molecular flexibility index (Phi) is 6.78. The fraction of sp³-hybridized carbons (Fsp3) is 0.577. The molecule has 2 unspecified atom stereocenters. The van der Waals surface area contributed by atoms with Crippen molar-refractivity contribution in [3.05, 3.63) is 53.1 Å². The number of urea groups is 1. The molecule has 1 aliphatic carbocycles. The number of aromatic nitrogens is 2. The van der Waals surface area contributed by atoms with Gasteiger partial charge in [0.2, 0.25) is 0 Å². The van der Waals surface area contributed by atoms with Crippen molar-refractivity contribution in [1.29, 1.82) is 0 Å². The number of carbonyl (C=O) groups excluding carboxylic acids is 1. The molecule has 0 bridgehead atoms. The summed E-state index contributed by atoms with van der Waals surface area (Å²) in [4.78, 5) is 33.0. The molecule has 1 saturated carbocycles. The highest BCUT2D eigenvalue weighted by atomic mass is 19.4. The highest BCUT2D eigenvalue weighted by Crippen LogP contribution is 2.51. The second kappa shape index (κ2) is 9.75. The van der Waals surface area contributed by atoms with Crippen LogP contribution in [0.1, 0.15) is 32.1 Å². The lowest BCUT2D eigenvalue weighted by atomic mass is 9.66. The Morgan fingerprint density at radius 2 is 1.86 bits per heavy atom. The Labute approximate surface area is 212 Å². The quantitative estimate of drug-likeness (QED) is 0.671. The topological polar surface area (TPSA) is 87.9 Å². The van der Waals surface area contributed by atoms with Gasteiger partial charge in [-0.1, -0.05) is 43.2 Å². The largest absolute Gasteiger partial charge is 0.411 e. The Morgan fingerprint density at radius 1 is 1.14 bits per heavy atom. The first-order valence-corrected chi connectivity index (χ1v) is 12.7. The third-order valence-electron chi connectivity index (χ3n) is 8.24. The molecule has 3 fully saturated rings. The van der Waals surface area contributed by atoms with E-state index < -0.39 is 35.9 Å². The molecule has 1 aromatic carbocycles. The van der Waals surface area contributed by atoms with E-state index in [9.17, 15) is 27.9 Å². The van der Waals surface area contributed by atoms with Crippen molar-refractivity contribution < 1.29 is 27.8 Å². The van der Waals surface area contributed by atoms with Crippen LogP contribution in [0.4, 0.5) is 18.0 Å². The third kappa shape index (κ3) is 4.86. The maximum atomic E-state index is 13.6. The number of hydrogen-bond acceptors (Lipinski definition) is 5. The predicted octanol–water partition coefficient (Wildman–Crippen LogP) is 3.29. The monoisotopic (exact) mass is 520 g/mol. The molecule has 0 radical (unpaired) electrons. The molecule has 200 valence electrons. The van der Waals surface area contributed by atoms with Gasteiger partial charge in [0, 0.05) is 36.7 Å². The van der Waals surface area contributed by atoms with Crippen LogP contribution in [-0.4, -0.2) is 81.2 Å². The molecule has 3 heterocycles. The van der Waals surface area contributed by atoms with Gasteiger partial charge in [0.1, 0.15) is 0 Å². The number of halogens is 3. The molecule has 3 aliphatic rings. The van der Waals surface area contributed by atoms with E-state index in [1.165, 1.54) is 21.9 Å². The smallest absolute Gasteiger partial charge is 0.387 e. The van der Waals surface area contributed by atoms with Gasteiger partial charge < -0.3 is 19.6 Å². The van der Waals surface area contributed by atoms with Crippen LogP contribution in [0.2, 0.25) is 0 Å². The van der Waals surface area contributed by atoms with E-state index in [0.29, 0.717) is 18.5 Å². The van der Waals surface area contributed by atoms with Gasteiger partial charge in [0.25, 0.3) is 5.56 Å². The number of rotatable bonds is 3. The lowest BCUT2D eigenvalue weighted by Gasteiger charge is -2.53. The Hall–Kier alpha value is -2.92. The summed E-state index contributed by atoms with van der Waals surface area (Å²) < 4.78 is 47.1. The van der Waals surface area contributed by atoms with Crippen molar-refractivity contribution in [2.24, 2.45) is 5.41 Å². The average Bonchev–Trinajstić information content (AvgIpc) is 3.37. The first-order valence-electron chi connectivity index (χ1n) is 12.7. The van der Waals surface area contributed by atoms with E-state index in [0.717, 1.165) is 23.3 Å². The van der Waals surface area contributed by atoms with Gasteiger partial charge in [-0.15, -0.1) is 0 Å². The molecule has 2 aromatic rings. The van der Waals surface area contributed by atoms with Gasteiger partial charge in [0.15, 0.2) is 6.04 Å². The lowest BCUT2D eigenvalue weighted by molar-refractivity contribution is -0.205. The maximum Gasteiger partial charge on any atom is 0.411 e. The molecular weight excluding hydrogens is 489 g/mol. The fourth-order valence-electron chi connectivity index (χ4n) is 6.14. The van der Waals surface area contributed by atoms with E-state index in [4.69, 9.17) is 4.74 Å². The van der Waals surface area contributed by atoms with E-state index in [2.05, 4.69) is 4.98 Å². The number of aliphatic hydroxyl groups is 1. The number of morpholine rings is 1. The van der Waals surface area contributed by atoms with Crippen LogP contribution >= 0.6 is 0 Å². The average molecular weight is 521 g/mol. The highest BCUT2D eigenvalue weighted by molar-refractivity contribution is 5.75. The van der Waals surface area contributed by atoms with Crippen molar-refractivity contribution in [2.45, 2.75) is 56.5 Å². The normalized spacial score (nSPS) is 26.0.